The van der Waals surface area contributed by atoms with E-state index in [1.54, 1.807) is 13.0 Å². The van der Waals surface area contributed by atoms with Crippen molar-refractivity contribution < 1.29 is 18.3 Å². The van der Waals surface area contributed by atoms with Crippen LogP contribution in [0, 0.1) is 6.92 Å². The number of halogens is 3. The SMILES string of the molecule is Cc1ccc(-c2nnc([C@@](C)(N)CO)s2)cc1C(F)(F)F. The number of nitrogens with two attached hydrogens (primary N) is 1. The van der Waals surface area contributed by atoms with Crippen LogP contribution in [-0.4, -0.2) is 21.9 Å². The van der Waals surface area contributed by atoms with E-state index in [1.165, 1.54) is 13.0 Å². The van der Waals surface area contributed by atoms with E-state index >= 15 is 0 Å². The van der Waals surface area contributed by atoms with Gasteiger partial charge in [-0.25, -0.2) is 0 Å². The number of hydrogen-bond acceptors (Lipinski definition) is 5. The third kappa shape index (κ3) is 3.22. The van der Waals surface area contributed by atoms with Gasteiger partial charge in [-0.2, -0.15) is 13.2 Å². The molecule has 4 nitrogen and oxygen atoms in total. The highest BCUT2D eigenvalue weighted by molar-refractivity contribution is 7.14. The van der Waals surface area contributed by atoms with Gasteiger partial charge in [-0.1, -0.05) is 23.5 Å². The molecular weight excluding hydrogens is 303 g/mol. The minimum atomic E-state index is -4.42. The van der Waals surface area contributed by atoms with E-state index < -0.39 is 17.3 Å². The first kappa shape index (κ1) is 15.9. The Morgan fingerprint density at radius 1 is 1.29 bits per heavy atom. The minimum absolute atomic E-state index is 0.148. The maximum Gasteiger partial charge on any atom is 0.416 e. The Labute approximate surface area is 123 Å². The Balaban J connectivity index is 2.44. The Hall–Kier alpha value is -1.51. The molecule has 0 bridgehead atoms. The summed E-state index contributed by atoms with van der Waals surface area (Å²) in [5.41, 5.74) is 4.54. The molecule has 114 valence electrons. The second-order valence-electron chi connectivity index (χ2n) is 5.02. The summed E-state index contributed by atoms with van der Waals surface area (Å²) in [6.07, 6.45) is -4.42. The third-order valence-corrected chi connectivity index (χ3v) is 4.28. The normalized spacial score (nSPS) is 15.0. The van der Waals surface area contributed by atoms with Gasteiger partial charge in [0.2, 0.25) is 0 Å². The number of rotatable bonds is 3. The molecule has 2 aromatic rings. The summed E-state index contributed by atoms with van der Waals surface area (Å²) >= 11 is 1.07. The molecular formula is C13H14F3N3OS. The Morgan fingerprint density at radius 3 is 2.52 bits per heavy atom. The zero-order valence-corrected chi connectivity index (χ0v) is 12.2. The number of benzene rings is 1. The van der Waals surface area contributed by atoms with Crippen LogP contribution in [0.3, 0.4) is 0 Å². The van der Waals surface area contributed by atoms with E-state index in [9.17, 15) is 18.3 Å². The van der Waals surface area contributed by atoms with Crippen molar-refractivity contribution >= 4 is 11.3 Å². The van der Waals surface area contributed by atoms with Crippen molar-refractivity contribution in [2.75, 3.05) is 6.61 Å². The molecule has 0 saturated carbocycles. The van der Waals surface area contributed by atoms with Gasteiger partial charge in [-0.3, -0.25) is 0 Å². The zero-order chi connectivity index (χ0) is 15.8. The van der Waals surface area contributed by atoms with Crippen molar-refractivity contribution in [3.8, 4) is 10.6 Å². The number of aryl methyl sites for hydroxylation is 1. The van der Waals surface area contributed by atoms with Crippen LogP contribution in [0.15, 0.2) is 18.2 Å². The molecule has 21 heavy (non-hydrogen) atoms. The van der Waals surface area contributed by atoms with E-state index in [1.807, 2.05) is 0 Å². The third-order valence-electron chi connectivity index (χ3n) is 3.03. The molecule has 1 heterocycles. The second-order valence-corrected chi connectivity index (χ2v) is 5.99. The van der Waals surface area contributed by atoms with E-state index in [0.29, 0.717) is 15.6 Å². The van der Waals surface area contributed by atoms with Gasteiger partial charge in [-0.15, -0.1) is 10.2 Å². The van der Waals surface area contributed by atoms with Gasteiger partial charge < -0.3 is 10.8 Å². The van der Waals surface area contributed by atoms with Crippen LogP contribution in [0.2, 0.25) is 0 Å². The van der Waals surface area contributed by atoms with Crippen molar-refractivity contribution in [2.45, 2.75) is 25.6 Å². The first-order chi connectivity index (χ1) is 9.65. The number of alkyl halides is 3. The molecule has 1 atom stereocenters. The number of aliphatic hydroxyl groups excluding tert-OH is 1. The molecule has 0 saturated heterocycles. The standard InChI is InChI=1S/C13H14F3N3OS/c1-7-3-4-8(5-9(7)13(14,15)16)10-18-19-11(21-10)12(2,17)6-20/h3-5,20H,6,17H2,1-2H3/t12-/m0/s1. The number of nitrogens with zero attached hydrogens (tertiary/aromatic N) is 2. The van der Waals surface area contributed by atoms with Crippen molar-refractivity contribution in [1.29, 1.82) is 0 Å². The summed E-state index contributed by atoms with van der Waals surface area (Å²) in [5, 5.41) is 17.6. The van der Waals surface area contributed by atoms with E-state index in [2.05, 4.69) is 10.2 Å². The summed E-state index contributed by atoms with van der Waals surface area (Å²) < 4.78 is 38.7. The molecule has 0 radical (unpaired) electrons. The van der Waals surface area contributed by atoms with Crippen LogP contribution >= 0.6 is 11.3 Å². The fraction of sp³-hybridized carbons (Fsp3) is 0.385. The molecule has 0 unspecified atom stereocenters. The summed E-state index contributed by atoms with van der Waals surface area (Å²) in [5.74, 6) is 0. The maximum atomic E-state index is 12.9. The molecule has 0 aliphatic rings. The fourth-order valence-electron chi connectivity index (χ4n) is 1.70. The van der Waals surface area contributed by atoms with Crippen LogP contribution in [0.4, 0.5) is 13.2 Å². The molecule has 0 fully saturated rings. The second kappa shape index (κ2) is 5.36. The Kier molecular flexibility index (Phi) is 4.05. The van der Waals surface area contributed by atoms with E-state index in [4.69, 9.17) is 5.73 Å². The highest BCUT2D eigenvalue weighted by Gasteiger charge is 2.33. The average Bonchev–Trinajstić information content (AvgIpc) is 2.88. The van der Waals surface area contributed by atoms with Crippen molar-refractivity contribution in [3.05, 3.63) is 34.3 Å². The van der Waals surface area contributed by atoms with E-state index in [-0.39, 0.29) is 12.2 Å². The Morgan fingerprint density at radius 2 is 1.95 bits per heavy atom. The van der Waals surface area contributed by atoms with Crippen LogP contribution in [0.25, 0.3) is 10.6 Å². The van der Waals surface area contributed by atoms with Gasteiger partial charge in [0.05, 0.1) is 17.7 Å². The van der Waals surface area contributed by atoms with Crippen LogP contribution < -0.4 is 5.73 Å². The highest BCUT2D eigenvalue weighted by atomic mass is 32.1. The molecule has 0 amide bonds. The fourth-order valence-corrected chi connectivity index (χ4v) is 2.59. The van der Waals surface area contributed by atoms with E-state index in [0.717, 1.165) is 17.4 Å². The zero-order valence-electron chi connectivity index (χ0n) is 11.4. The van der Waals surface area contributed by atoms with Gasteiger partial charge in [0, 0.05) is 5.56 Å². The molecule has 2 rings (SSSR count). The van der Waals surface area contributed by atoms with Crippen molar-refractivity contribution in [3.63, 3.8) is 0 Å². The Bertz CT molecular complexity index is 652. The number of aromatic nitrogens is 2. The average molecular weight is 317 g/mol. The number of hydrogen-bond donors (Lipinski definition) is 2. The predicted octanol–water partition coefficient (Wildman–Crippen LogP) is 2.70. The number of aliphatic hydroxyl groups is 1. The van der Waals surface area contributed by atoms with Crippen molar-refractivity contribution in [1.82, 2.24) is 10.2 Å². The van der Waals surface area contributed by atoms with Gasteiger partial charge in [-0.05, 0) is 25.5 Å². The summed E-state index contributed by atoms with van der Waals surface area (Å²) in [6.45, 7) is 2.65. The first-order valence-corrected chi connectivity index (χ1v) is 6.89. The van der Waals surface area contributed by atoms with Gasteiger partial charge in [0.15, 0.2) is 0 Å². The molecule has 3 N–H and O–H groups in total. The largest absolute Gasteiger partial charge is 0.416 e. The summed E-state index contributed by atoms with van der Waals surface area (Å²) in [7, 11) is 0. The van der Waals surface area contributed by atoms with Crippen LogP contribution in [0.1, 0.15) is 23.1 Å². The molecule has 1 aromatic carbocycles. The van der Waals surface area contributed by atoms with Crippen LogP contribution in [-0.2, 0) is 11.7 Å². The summed E-state index contributed by atoms with van der Waals surface area (Å²) in [6, 6.07) is 4.00. The minimum Gasteiger partial charge on any atom is -0.394 e. The lowest BCUT2D eigenvalue weighted by Crippen LogP contribution is -2.36. The lowest BCUT2D eigenvalue weighted by atomic mass is 10.1. The van der Waals surface area contributed by atoms with Crippen LogP contribution in [0.5, 0.6) is 0 Å². The molecule has 0 aliphatic carbocycles. The van der Waals surface area contributed by atoms with Crippen molar-refractivity contribution in [2.24, 2.45) is 5.73 Å². The monoisotopic (exact) mass is 317 g/mol. The maximum absolute atomic E-state index is 12.9. The predicted molar refractivity (Wildman–Crippen MR) is 73.7 cm³/mol. The smallest absolute Gasteiger partial charge is 0.394 e. The topological polar surface area (TPSA) is 72.0 Å². The lowest BCUT2D eigenvalue weighted by Gasteiger charge is -2.16. The van der Waals surface area contributed by atoms with Gasteiger partial charge in [0.1, 0.15) is 10.0 Å². The molecule has 1 aromatic heterocycles. The van der Waals surface area contributed by atoms with Gasteiger partial charge >= 0.3 is 6.18 Å². The lowest BCUT2D eigenvalue weighted by molar-refractivity contribution is -0.138. The van der Waals surface area contributed by atoms with Gasteiger partial charge in [0.25, 0.3) is 0 Å². The highest BCUT2D eigenvalue weighted by Crippen LogP contribution is 2.36. The molecule has 0 aliphatic heterocycles. The quantitative estimate of drug-likeness (QED) is 0.913. The summed E-state index contributed by atoms with van der Waals surface area (Å²) in [4.78, 5) is 0. The molecule has 8 heteroatoms. The first-order valence-electron chi connectivity index (χ1n) is 6.07. The molecule has 0 spiro atoms.